The zero-order chi connectivity index (χ0) is 23.9. The molecule has 3 heterocycles. The zero-order valence-electron chi connectivity index (χ0n) is 15.4. The number of aromatic nitrogens is 4. The van der Waals surface area contributed by atoms with Crippen molar-refractivity contribution in [1.29, 1.82) is 0 Å². The lowest BCUT2D eigenvalue weighted by atomic mass is 10.2. The minimum absolute atomic E-state index is 0.00271. The van der Waals surface area contributed by atoms with Crippen LogP contribution in [0.15, 0.2) is 11.1 Å². The molecule has 1 aliphatic rings. The van der Waals surface area contributed by atoms with E-state index < -0.39 is 57.8 Å². The number of anilines is 1. The molecule has 0 aromatic carbocycles. The molecule has 1 fully saturated rings. The summed E-state index contributed by atoms with van der Waals surface area (Å²) in [6.45, 7) is -5.18. The molecule has 3 unspecified atom stereocenters. The van der Waals surface area contributed by atoms with E-state index in [9.17, 15) is 28.8 Å². The number of H-pyrrole nitrogens is 1. The molecule has 22 heteroatoms. The summed E-state index contributed by atoms with van der Waals surface area (Å²) in [6, 6.07) is 0. The number of nitrogens with two attached hydrogens (primary N) is 1. The van der Waals surface area contributed by atoms with Crippen LogP contribution >= 0.6 is 22.4 Å². The van der Waals surface area contributed by atoms with E-state index in [2.05, 4.69) is 27.8 Å². The molecule has 8 N–H and O–H groups in total. The maximum atomic E-state index is 11.8. The minimum atomic E-state index is -5.64. The standard InChI is InChI=1S/C10H16N5O13P3S/c11-10-13-7-6(8(16)14-10)12-3-15(7)5-2-1-4(25-5)9(17)26-32-31(23,24)28-30(21,22)27-29(18,19)20/h3-5,9,17H,1-2H2,(H7-,11,13,14,16,18,19,20,21,22,23,24)/t4-,5+,9?/m0/s1. The Morgan fingerprint density at radius 1 is 1.31 bits per heavy atom. The van der Waals surface area contributed by atoms with Crippen LogP contribution in [0, 0.1) is 0 Å². The van der Waals surface area contributed by atoms with Crippen molar-refractivity contribution in [3.8, 4) is 0 Å². The molecule has 32 heavy (non-hydrogen) atoms. The number of aromatic amines is 1. The molecule has 0 amide bonds. The lowest BCUT2D eigenvalue weighted by Crippen LogP contribution is -2.28. The Kier molecular flexibility index (Phi) is 7.36. The second-order valence-corrected chi connectivity index (χ2v) is 12.5. The quantitative estimate of drug-likeness (QED) is 0.0823. The predicted octanol–water partition coefficient (Wildman–Crippen LogP) is -2.03. The SMILES string of the molecule is Nc1nc2c(ncn2[C@H]2CC[C@@H](C(O)O[S+]=P([O-])(O)OP(=O)(O)OP(=O)(O)O)O2)c(=O)[nH]1. The van der Waals surface area contributed by atoms with Gasteiger partial charge in [-0.1, -0.05) is 4.18 Å². The Morgan fingerprint density at radius 3 is 2.66 bits per heavy atom. The molecule has 1 aliphatic heterocycles. The Morgan fingerprint density at radius 2 is 2.00 bits per heavy atom. The smallest absolute Gasteiger partial charge is 0.488 e. The third-order valence-electron chi connectivity index (χ3n) is 3.76. The maximum absolute atomic E-state index is 11.8. The van der Waals surface area contributed by atoms with Gasteiger partial charge in [-0.3, -0.25) is 14.3 Å². The van der Waals surface area contributed by atoms with Gasteiger partial charge in [0.15, 0.2) is 11.2 Å². The van der Waals surface area contributed by atoms with Gasteiger partial charge in [-0.05, 0) is 12.8 Å². The van der Waals surface area contributed by atoms with E-state index >= 15 is 0 Å². The molecule has 5 atom stereocenters. The minimum Gasteiger partial charge on any atom is -0.739 e. The van der Waals surface area contributed by atoms with Crippen LogP contribution in [0.3, 0.4) is 0 Å². The number of aliphatic hydroxyl groups excluding tert-OH is 1. The van der Waals surface area contributed by atoms with E-state index in [1.54, 1.807) is 0 Å². The summed E-state index contributed by atoms with van der Waals surface area (Å²) in [7, 11) is -11.2. The van der Waals surface area contributed by atoms with Gasteiger partial charge in [0.05, 0.1) is 6.33 Å². The van der Waals surface area contributed by atoms with Crippen molar-refractivity contribution in [2.75, 3.05) is 5.73 Å². The summed E-state index contributed by atoms with van der Waals surface area (Å²) in [5.41, 5.74) is 5.08. The molecule has 2 aromatic rings. The summed E-state index contributed by atoms with van der Waals surface area (Å²) < 4.78 is 40.8. The van der Waals surface area contributed by atoms with Crippen molar-refractivity contribution >= 4 is 50.7 Å². The van der Waals surface area contributed by atoms with Gasteiger partial charge in [0.1, 0.15) is 12.3 Å². The van der Waals surface area contributed by atoms with Gasteiger partial charge >= 0.3 is 33.6 Å². The van der Waals surface area contributed by atoms with Crippen molar-refractivity contribution in [2.45, 2.75) is 31.5 Å². The van der Waals surface area contributed by atoms with E-state index in [0.717, 1.165) is 0 Å². The van der Waals surface area contributed by atoms with Crippen LogP contribution in [0.5, 0.6) is 0 Å². The lowest BCUT2D eigenvalue weighted by Gasteiger charge is -2.18. The Hall–Kier alpha value is -1.14. The number of nitrogens with zero attached hydrogens (tertiary/aromatic N) is 3. The van der Waals surface area contributed by atoms with E-state index in [4.69, 9.17) is 25.2 Å². The fraction of sp³-hybridized carbons (Fsp3) is 0.500. The summed E-state index contributed by atoms with van der Waals surface area (Å²) >= 11 is -0.468. The number of phosphoric acid groups is 2. The molecular weight excluding hydrogens is 523 g/mol. The first kappa shape index (κ1) is 25.5. The average molecular weight is 539 g/mol. The van der Waals surface area contributed by atoms with E-state index in [1.165, 1.54) is 10.9 Å². The van der Waals surface area contributed by atoms with Crippen LogP contribution < -0.4 is 16.2 Å². The summed E-state index contributed by atoms with van der Waals surface area (Å²) in [5, 5.41) is 10.1. The highest BCUT2D eigenvalue weighted by Crippen LogP contribution is 2.64. The molecule has 0 bridgehead atoms. The largest absolute Gasteiger partial charge is 0.739 e. The third kappa shape index (κ3) is 6.47. The van der Waals surface area contributed by atoms with Crippen molar-refractivity contribution in [1.82, 2.24) is 19.5 Å². The molecule has 3 rings (SSSR count). The van der Waals surface area contributed by atoms with Crippen molar-refractivity contribution in [3.05, 3.63) is 16.7 Å². The predicted molar refractivity (Wildman–Crippen MR) is 103 cm³/mol. The van der Waals surface area contributed by atoms with Gasteiger partial charge in [0.25, 0.3) is 5.56 Å². The van der Waals surface area contributed by atoms with Gasteiger partial charge in [-0.2, -0.15) is 9.29 Å². The number of fused-ring (bicyclic) bond motifs is 1. The van der Waals surface area contributed by atoms with Gasteiger partial charge in [-0.25, -0.2) is 18.4 Å². The Balaban J connectivity index is 1.66. The van der Waals surface area contributed by atoms with Crippen molar-refractivity contribution in [3.63, 3.8) is 0 Å². The molecule has 0 radical (unpaired) electrons. The highest BCUT2D eigenvalue weighted by atomic mass is 32.5. The maximum Gasteiger partial charge on any atom is 0.488 e. The lowest BCUT2D eigenvalue weighted by molar-refractivity contribution is -0.195. The van der Waals surface area contributed by atoms with E-state index in [1.807, 2.05) is 0 Å². The molecule has 180 valence electrons. The monoisotopic (exact) mass is 539 g/mol. The first-order valence-corrected chi connectivity index (χ1v) is 14.2. The zero-order valence-corrected chi connectivity index (χ0v) is 18.9. The summed E-state index contributed by atoms with van der Waals surface area (Å²) in [6.07, 6.45) is -1.93. The van der Waals surface area contributed by atoms with E-state index in [0.29, 0.717) is 0 Å². The van der Waals surface area contributed by atoms with Crippen molar-refractivity contribution < 1.29 is 56.2 Å². The van der Waals surface area contributed by atoms with Crippen LogP contribution in [-0.4, -0.2) is 56.6 Å². The highest BCUT2D eigenvalue weighted by molar-refractivity contribution is 8.14. The molecule has 0 spiro atoms. The fourth-order valence-corrected chi connectivity index (χ4v) is 7.20. The molecule has 18 nitrogen and oxygen atoms in total. The first-order chi connectivity index (χ1) is 14.7. The number of hydrogen-bond donors (Lipinski definition) is 7. The Bertz CT molecular complexity index is 1200. The van der Waals surface area contributed by atoms with Crippen LogP contribution in [0.1, 0.15) is 19.1 Å². The topological polar surface area (TPSA) is 285 Å². The highest BCUT2D eigenvalue weighted by Gasteiger charge is 2.40. The number of hydrogen-bond acceptors (Lipinski definition) is 12. The van der Waals surface area contributed by atoms with Crippen molar-refractivity contribution in [2.24, 2.45) is 0 Å². The van der Waals surface area contributed by atoms with Crippen LogP contribution in [0.4, 0.5) is 5.95 Å². The van der Waals surface area contributed by atoms with E-state index in [-0.39, 0.29) is 30.0 Å². The average Bonchev–Trinajstić information content (AvgIpc) is 3.23. The molecule has 0 aliphatic carbocycles. The Labute approximate surface area is 180 Å². The van der Waals surface area contributed by atoms with Crippen LogP contribution in [-0.2, 0) is 37.9 Å². The van der Waals surface area contributed by atoms with Crippen LogP contribution in [0.25, 0.3) is 11.2 Å². The molecule has 0 saturated carbocycles. The third-order valence-corrected chi connectivity index (χ3v) is 8.98. The molecular formula is C10H16N5O13P3S. The number of rotatable bonds is 8. The first-order valence-electron chi connectivity index (χ1n) is 8.20. The normalized spacial score (nSPS) is 24.2. The number of imidazole rings is 1. The van der Waals surface area contributed by atoms with Gasteiger partial charge in [-0.15, -0.1) is 0 Å². The number of nitrogens with one attached hydrogen (secondary N) is 1. The molecule has 2 aromatic heterocycles. The number of nitrogen functional groups attached to an aromatic ring is 1. The fourth-order valence-electron chi connectivity index (χ4n) is 2.67. The van der Waals surface area contributed by atoms with Crippen LogP contribution in [0.2, 0.25) is 0 Å². The van der Waals surface area contributed by atoms with Gasteiger partial charge < -0.3 is 40.0 Å². The number of aliphatic hydroxyl groups is 1. The van der Waals surface area contributed by atoms with Gasteiger partial charge in [0, 0.05) is 0 Å². The summed E-state index contributed by atoms with van der Waals surface area (Å²) in [4.78, 5) is 69.4. The van der Waals surface area contributed by atoms with Gasteiger partial charge in [0.2, 0.25) is 12.2 Å². The molecule has 1 saturated heterocycles. The summed E-state index contributed by atoms with van der Waals surface area (Å²) in [5.74, 6) is -0.152. The second-order valence-electron chi connectivity index (χ2n) is 6.13. The second kappa shape index (κ2) is 9.25. The number of ether oxygens (including phenoxy) is 1.